The van der Waals surface area contributed by atoms with Crippen molar-refractivity contribution in [3.63, 3.8) is 0 Å². The highest BCUT2D eigenvalue weighted by atomic mass is 19.1. The standard InChI is InChI=1S/C35H35F2N7O4/c1-4-35(46)41-28-18-29(32(47-3)19-31(28)43-11-9-42(10-12-43)22(2)45)40-33-20-34(39-21-38-33)44-30(8-13-48-44)24-7-5-6-23(14-24)25-15-26(36)17-27(37)16-25/h4-7,14-21,30H,1,8-13H2,2-3H3,(H,41,46)(H,38,39,40)/t30-/m1/s1. The Kier molecular flexibility index (Phi) is 9.48. The highest BCUT2D eigenvalue weighted by molar-refractivity contribution is 6.02. The van der Waals surface area contributed by atoms with Gasteiger partial charge >= 0.3 is 0 Å². The molecule has 11 nitrogen and oxygen atoms in total. The molecule has 2 aliphatic heterocycles. The van der Waals surface area contributed by atoms with Gasteiger partial charge in [0.05, 0.1) is 36.8 Å². The quantitative estimate of drug-likeness (QED) is 0.215. The van der Waals surface area contributed by atoms with Crippen LogP contribution in [0.1, 0.15) is 24.9 Å². The number of hydroxylamine groups is 1. The third kappa shape index (κ3) is 7.05. The van der Waals surface area contributed by atoms with E-state index < -0.39 is 11.6 Å². The summed E-state index contributed by atoms with van der Waals surface area (Å²) in [5.41, 5.74) is 3.84. The Morgan fingerprint density at radius 1 is 0.979 bits per heavy atom. The second-order valence-electron chi connectivity index (χ2n) is 11.4. The first-order chi connectivity index (χ1) is 23.2. The number of amides is 2. The number of piperazine rings is 1. The molecule has 48 heavy (non-hydrogen) atoms. The predicted molar refractivity (Wildman–Crippen MR) is 179 cm³/mol. The van der Waals surface area contributed by atoms with Gasteiger partial charge in [-0.15, -0.1) is 0 Å². The van der Waals surface area contributed by atoms with Gasteiger partial charge in [-0.1, -0.05) is 24.8 Å². The predicted octanol–water partition coefficient (Wildman–Crippen LogP) is 5.85. The molecule has 0 saturated carbocycles. The van der Waals surface area contributed by atoms with Gasteiger partial charge in [-0.25, -0.2) is 23.8 Å². The summed E-state index contributed by atoms with van der Waals surface area (Å²) in [5.74, 6) is -0.181. The van der Waals surface area contributed by atoms with Crippen LogP contribution >= 0.6 is 0 Å². The third-order valence-electron chi connectivity index (χ3n) is 8.34. The second-order valence-corrected chi connectivity index (χ2v) is 11.4. The Morgan fingerprint density at radius 3 is 2.46 bits per heavy atom. The van der Waals surface area contributed by atoms with Crippen LogP contribution in [0, 0.1) is 11.6 Å². The van der Waals surface area contributed by atoms with E-state index in [-0.39, 0.29) is 17.9 Å². The van der Waals surface area contributed by atoms with Gasteiger partial charge in [-0.2, -0.15) is 0 Å². The van der Waals surface area contributed by atoms with Crippen molar-refractivity contribution < 1.29 is 27.9 Å². The molecule has 3 heterocycles. The largest absolute Gasteiger partial charge is 0.494 e. The number of benzene rings is 3. The molecule has 0 bridgehead atoms. The van der Waals surface area contributed by atoms with Crippen LogP contribution in [0.4, 0.5) is 37.5 Å². The molecule has 1 aromatic heterocycles. The minimum Gasteiger partial charge on any atom is -0.494 e. The number of ether oxygens (including phenoxy) is 1. The van der Waals surface area contributed by atoms with Crippen LogP contribution in [0.3, 0.4) is 0 Å². The summed E-state index contributed by atoms with van der Waals surface area (Å²) in [4.78, 5) is 43.1. The fraction of sp³-hybridized carbons (Fsp3) is 0.257. The fourth-order valence-corrected chi connectivity index (χ4v) is 5.96. The fourth-order valence-electron chi connectivity index (χ4n) is 5.96. The molecule has 2 aliphatic rings. The van der Waals surface area contributed by atoms with Crippen LogP contribution in [0.25, 0.3) is 11.1 Å². The summed E-state index contributed by atoms with van der Waals surface area (Å²) >= 11 is 0. The molecule has 2 fully saturated rings. The lowest BCUT2D eigenvalue weighted by atomic mass is 9.98. The number of hydrogen-bond acceptors (Lipinski definition) is 9. The number of methoxy groups -OCH3 is 1. The van der Waals surface area contributed by atoms with Crippen molar-refractivity contribution in [1.82, 2.24) is 14.9 Å². The monoisotopic (exact) mass is 655 g/mol. The number of nitrogens with one attached hydrogen (secondary N) is 2. The average Bonchev–Trinajstić information content (AvgIpc) is 3.59. The van der Waals surface area contributed by atoms with E-state index in [9.17, 15) is 18.4 Å². The summed E-state index contributed by atoms with van der Waals surface area (Å²) in [6.45, 7) is 7.87. The lowest BCUT2D eigenvalue weighted by molar-refractivity contribution is -0.129. The van der Waals surface area contributed by atoms with E-state index >= 15 is 0 Å². The smallest absolute Gasteiger partial charge is 0.247 e. The molecule has 2 N–H and O–H groups in total. The average molecular weight is 656 g/mol. The van der Waals surface area contributed by atoms with Crippen molar-refractivity contribution in [3.05, 3.63) is 96.8 Å². The van der Waals surface area contributed by atoms with Crippen LogP contribution in [0.15, 0.2) is 79.6 Å². The molecular weight excluding hydrogens is 620 g/mol. The molecule has 13 heteroatoms. The van der Waals surface area contributed by atoms with Gasteiger partial charge in [0, 0.05) is 57.7 Å². The van der Waals surface area contributed by atoms with Gasteiger partial charge in [0.2, 0.25) is 11.8 Å². The Hall–Kier alpha value is -5.56. The molecule has 0 radical (unpaired) electrons. The number of aromatic nitrogens is 2. The molecule has 6 rings (SSSR count). The molecule has 3 aromatic carbocycles. The number of hydrogen-bond donors (Lipinski definition) is 2. The van der Waals surface area contributed by atoms with Crippen molar-refractivity contribution in [1.29, 1.82) is 0 Å². The van der Waals surface area contributed by atoms with Crippen LogP contribution in [-0.2, 0) is 14.4 Å². The number of carbonyl (C=O) groups is 2. The zero-order valence-electron chi connectivity index (χ0n) is 26.6. The SMILES string of the molecule is C=CC(=O)Nc1cc(Nc2cc(N3OCC[C@@H]3c3cccc(-c4cc(F)cc(F)c4)c3)ncn2)c(OC)cc1N1CCN(C(C)=O)CC1. The molecular formula is C35H35F2N7O4. The highest BCUT2D eigenvalue weighted by Gasteiger charge is 2.30. The molecule has 2 saturated heterocycles. The number of rotatable bonds is 9. The van der Waals surface area contributed by atoms with Gasteiger partial charge in [0.15, 0.2) is 5.82 Å². The molecule has 0 aliphatic carbocycles. The van der Waals surface area contributed by atoms with Gasteiger partial charge in [-0.05, 0) is 47.0 Å². The topological polar surface area (TPSA) is 112 Å². The second kappa shape index (κ2) is 14.1. The number of halogens is 2. The van der Waals surface area contributed by atoms with Crippen molar-refractivity contribution in [2.24, 2.45) is 0 Å². The van der Waals surface area contributed by atoms with Crippen LogP contribution in [0.2, 0.25) is 0 Å². The Labute approximate surface area is 276 Å². The molecule has 2 amide bonds. The maximum Gasteiger partial charge on any atom is 0.247 e. The summed E-state index contributed by atoms with van der Waals surface area (Å²) in [7, 11) is 1.56. The van der Waals surface area contributed by atoms with Gasteiger partial charge in [-0.3, -0.25) is 14.4 Å². The van der Waals surface area contributed by atoms with Crippen molar-refractivity contribution in [2.75, 3.05) is 60.5 Å². The Morgan fingerprint density at radius 2 is 1.75 bits per heavy atom. The lowest BCUT2D eigenvalue weighted by Gasteiger charge is -2.36. The summed E-state index contributed by atoms with van der Waals surface area (Å²) in [6, 6.07) is 16.1. The van der Waals surface area contributed by atoms with E-state index in [0.29, 0.717) is 79.1 Å². The van der Waals surface area contributed by atoms with Crippen molar-refractivity contribution in [2.45, 2.75) is 19.4 Å². The molecule has 4 aromatic rings. The van der Waals surface area contributed by atoms with E-state index in [0.717, 1.165) is 17.3 Å². The first kappa shape index (κ1) is 32.4. The molecule has 0 spiro atoms. The summed E-state index contributed by atoms with van der Waals surface area (Å²) < 4.78 is 33.6. The lowest BCUT2D eigenvalue weighted by Crippen LogP contribution is -2.48. The maximum absolute atomic E-state index is 13.9. The van der Waals surface area contributed by atoms with Crippen molar-refractivity contribution in [3.8, 4) is 16.9 Å². The molecule has 0 unspecified atom stereocenters. The van der Waals surface area contributed by atoms with E-state index in [1.165, 1.54) is 24.5 Å². The maximum atomic E-state index is 13.9. The number of anilines is 5. The van der Waals surface area contributed by atoms with Gasteiger partial charge in [0.1, 0.15) is 29.5 Å². The molecule has 1 atom stereocenters. The van der Waals surface area contributed by atoms with Crippen LogP contribution < -0.4 is 25.3 Å². The zero-order valence-corrected chi connectivity index (χ0v) is 26.6. The van der Waals surface area contributed by atoms with Crippen molar-refractivity contribution >= 4 is 40.5 Å². The van der Waals surface area contributed by atoms with E-state index in [1.807, 2.05) is 24.3 Å². The van der Waals surface area contributed by atoms with Crippen LogP contribution in [-0.4, -0.2) is 66.6 Å². The van der Waals surface area contributed by atoms with E-state index in [2.05, 4.69) is 32.1 Å². The van der Waals surface area contributed by atoms with E-state index in [1.54, 1.807) is 42.2 Å². The minimum atomic E-state index is -0.642. The first-order valence-electron chi connectivity index (χ1n) is 15.5. The number of carbonyl (C=O) groups excluding carboxylic acids is 2. The van der Waals surface area contributed by atoms with Gasteiger partial charge in [0.25, 0.3) is 0 Å². The highest BCUT2D eigenvalue weighted by Crippen LogP contribution is 2.40. The summed E-state index contributed by atoms with van der Waals surface area (Å²) in [6.07, 6.45) is 3.28. The minimum absolute atomic E-state index is 0.0240. The normalized spacial score (nSPS) is 16.1. The Balaban J connectivity index is 1.27. The Bertz CT molecular complexity index is 1830. The van der Waals surface area contributed by atoms with Gasteiger partial charge < -0.3 is 25.2 Å². The zero-order chi connectivity index (χ0) is 33.8. The summed E-state index contributed by atoms with van der Waals surface area (Å²) in [5, 5.41) is 7.89. The van der Waals surface area contributed by atoms with E-state index in [4.69, 9.17) is 9.57 Å². The third-order valence-corrected chi connectivity index (χ3v) is 8.34. The first-order valence-corrected chi connectivity index (χ1v) is 15.5. The molecule has 248 valence electrons. The number of nitrogens with zero attached hydrogens (tertiary/aromatic N) is 5. The van der Waals surface area contributed by atoms with Crippen LogP contribution in [0.5, 0.6) is 5.75 Å².